The van der Waals surface area contributed by atoms with Crippen LogP contribution in [0.5, 0.6) is 17.2 Å². The summed E-state index contributed by atoms with van der Waals surface area (Å²) in [7, 11) is 1.44. The van der Waals surface area contributed by atoms with E-state index < -0.39 is 4.92 Å². The molecule has 0 aliphatic carbocycles. The molecule has 1 aliphatic rings. The number of rotatable bonds is 5. The molecule has 2 aromatic carbocycles. The second-order valence-corrected chi connectivity index (χ2v) is 5.98. The van der Waals surface area contributed by atoms with Crippen LogP contribution in [0.25, 0.3) is 0 Å². The first-order chi connectivity index (χ1) is 12.5. The lowest BCUT2D eigenvalue weighted by Crippen LogP contribution is -2.31. The summed E-state index contributed by atoms with van der Waals surface area (Å²) in [5.74, 6) is 1.75. The van der Waals surface area contributed by atoms with Crippen LogP contribution in [0.2, 0.25) is 0 Å². The van der Waals surface area contributed by atoms with Crippen LogP contribution < -0.4 is 24.8 Å². The van der Waals surface area contributed by atoms with Gasteiger partial charge in [0.25, 0.3) is 5.69 Å². The minimum absolute atomic E-state index is 0.0556. The fourth-order valence-electron chi connectivity index (χ4n) is 2.52. The molecule has 1 heterocycles. The number of anilines is 1. The number of nitro benzene ring substituents is 1. The Morgan fingerprint density at radius 2 is 2.04 bits per heavy atom. The van der Waals surface area contributed by atoms with Crippen molar-refractivity contribution in [2.24, 2.45) is 0 Å². The van der Waals surface area contributed by atoms with E-state index >= 15 is 0 Å². The third-order valence-corrected chi connectivity index (χ3v) is 4.11. The highest BCUT2D eigenvalue weighted by Crippen LogP contribution is 2.34. The van der Waals surface area contributed by atoms with Crippen molar-refractivity contribution in [2.75, 3.05) is 19.2 Å². The minimum Gasteiger partial charge on any atom is -0.494 e. The Morgan fingerprint density at radius 1 is 1.27 bits per heavy atom. The van der Waals surface area contributed by atoms with Crippen LogP contribution in [0.15, 0.2) is 36.4 Å². The van der Waals surface area contributed by atoms with Gasteiger partial charge in [0.1, 0.15) is 5.75 Å². The lowest BCUT2D eigenvalue weighted by Gasteiger charge is -2.18. The predicted molar refractivity (Wildman–Crippen MR) is 100.0 cm³/mol. The molecule has 136 valence electrons. The van der Waals surface area contributed by atoms with Gasteiger partial charge in [0.05, 0.1) is 29.8 Å². The molecule has 2 N–H and O–H groups in total. The second-order valence-electron chi connectivity index (χ2n) is 5.57. The summed E-state index contributed by atoms with van der Waals surface area (Å²) in [5.41, 5.74) is 1.46. The van der Waals surface area contributed by atoms with Crippen LogP contribution in [0.3, 0.4) is 0 Å². The van der Waals surface area contributed by atoms with Gasteiger partial charge in [0, 0.05) is 6.07 Å². The van der Waals surface area contributed by atoms with Gasteiger partial charge >= 0.3 is 0 Å². The number of nitrogens with zero attached hydrogens (tertiary/aromatic N) is 1. The van der Waals surface area contributed by atoms with Crippen molar-refractivity contribution >= 4 is 28.7 Å². The average molecular weight is 375 g/mol. The van der Waals surface area contributed by atoms with Gasteiger partial charge in [-0.25, -0.2) is 0 Å². The molecule has 0 bridgehead atoms. The van der Waals surface area contributed by atoms with Crippen molar-refractivity contribution in [2.45, 2.75) is 13.0 Å². The van der Waals surface area contributed by atoms with Crippen molar-refractivity contribution in [3.8, 4) is 17.2 Å². The van der Waals surface area contributed by atoms with E-state index in [4.69, 9.17) is 26.4 Å². The van der Waals surface area contributed by atoms with E-state index in [-0.39, 0.29) is 18.5 Å². The first-order valence-corrected chi connectivity index (χ1v) is 8.18. The molecule has 0 saturated carbocycles. The monoisotopic (exact) mass is 375 g/mol. The maximum atomic E-state index is 10.9. The lowest BCUT2D eigenvalue weighted by atomic mass is 10.1. The van der Waals surface area contributed by atoms with Crippen molar-refractivity contribution < 1.29 is 19.1 Å². The van der Waals surface area contributed by atoms with E-state index in [2.05, 4.69) is 10.6 Å². The quantitative estimate of drug-likeness (QED) is 0.467. The van der Waals surface area contributed by atoms with Crippen LogP contribution in [0, 0.1) is 10.1 Å². The standard InChI is InChI=1S/C17H17N3O5S/c1-10(11-3-6-14-16(7-11)25-9-24-14)18-17(26)19-13-5-4-12(20(21)22)8-15(13)23-2/h3-8,10H,9H2,1-2H3,(H2,18,19,26). The zero-order chi connectivity index (χ0) is 18.7. The fraction of sp³-hybridized carbons (Fsp3) is 0.235. The van der Waals surface area contributed by atoms with Gasteiger partial charge in [0.2, 0.25) is 6.79 Å². The Morgan fingerprint density at radius 3 is 2.77 bits per heavy atom. The number of nitro groups is 1. The molecule has 1 aliphatic heterocycles. The number of ether oxygens (including phenoxy) is 3. The predicted octanol–water partition coefficient (Wildman–Crippen LogP) is 3.38. The zero-order valence-electron chi connectivity index (χ0n) is 14.1. The average Bonchev–Trinajstić information content (AvgIpc) is 3.09. The second kappa shape index (κ2) is 7.44. The molecule has 0 saturated heterocycles. The van der Waals surface area contributed by atoms with Gasteiger partial charge in [-0.05, 0) is 42.9 Å². The van der Waals surface area contributed by atoms with E-state index in [9.17, 15) is 10.1 Å². The number of nitrogens with one attached hydrogen (secondary N) is 2. The third-order valence-electron chi connectivity index (χ3n) is 3.89. The topological polar surface area (TPSA) is 94.9 Å². The van der Waals surface area contributed by atoms with Crippen molar-refractivity contribution in [3.05, 3.63) is 52.1 Å². The first-order valence-electron chi connectivity index (χ1n) is 7.77. The summed E-state index contributed by atoms with van der Waals surface area (Å²) in [6.45, 7) is 2.18. The van der Waals surface area contributed by atoms with Crippen LogP contribution in [0.1, 0.15) is 18.5 Å². The molecule has 0 radical (unpaired) electrons. The smallest absolute Gasteiger partial charge is 0.273 e. The molecular weight excluding hydrogens is 358 g/mol. The van der Waals surface area contributed by atoms with Gasteiger partial charge in [-0.1, -0.05) is 6.07 Å². The molecule has 1 atom stereocenters. The molecule has 9 heteroatoms. The lowest BCUT2D eigenvalue weighted by molar-refractivity contribution is -0.384. The molecular formula is C17H17N3O5S. The van der Waals surface area contributed by atoms with Crippen LogP contribution >= 0.6 is 12.2 Å². The highest BCUT2D eigenvalue weighted by atomic mass is 32.1. The minimum atomic E-state index is -0.482. The van der Waals surface area contributed by atoms with Gasteiger partial charge in [0.15, 0.2) is 16.6 Å². The molecule has 1 unspecified atom stereocenters. The number of hydrogen-bond acceptors (Lipinski definition) is 6. The summed E-state index contributed by atoms with van der Waals surface area (Å²) in [6.07, 6.45) is 0. The molecule has 0 amide bonds. The van der Waals surface area contributed by atoms with Gasteiger partial charge in [-0.3, -0.25) is 10.1 Å². The van der Waals surface area contributed by atoms with Gasteiger partial charge in [-0.2, -0.15) is 0 Å². The van der Waals surface area contributed by atoms with Gasteiger partial charge < -0.3 is 24.8 Å². The molecule has 0 spiro atoms. The first kappa shape index (κ1) is 17.7. The van der Waals surface area contributed by atoms with E-state index in [1.165, 1.54) is 19.2 Å². The van der Waals surface area contributed by atoms with E-state index in [1.807, 2.05) is 25.1 Å². The maximum absolute atomic E-state index is 10.9. The number of thiocarbonyl (C=S) groups is 1. The summed E-state index contributed by atoms with van der Waals surface area (Å²) in [5, 5.41) is 17.4. The van der Waals surface area contributed by atoms with Gasteiger partial charge in [-0.15, -0.1) is 0 Å². The molecule has 26 heavy (non-hydrogen) atoms. The van der Waals surface area contributed by atoms with Crippen LogP contribution in [0.4, 0.5) is 11.4 Å². The molecule has 0 fully saturated rings. The summed E-state index contributed by atoms with van der Waals surface area (Å²) >= 11 is 5.34. The Kier molecular flexibility index (Phi) is 5.08. The molecule has 8 nitrogen and oxygen atoms in total. The van der Waals surface area contributed by atoms with E-state index in [1.54, 1.807) is 6.07 Å². The van der Waals surface area contributed by atoms with Crippen LogP contribution in [-0.2, 0) is 0 Å². The molecule has 3 rings (SSSR count). The largest absolute Gasteiger partial charge is 0.494 e. The Balaban J connectivity index is 1.68. The molecule has 2 aromatic rings. The normalized spacial score (nSPS) is 13.0. The van der Waals surface area contributed by atoms with Crippen LogP contribution in [-0.4, -0.2) is 23.9 Å². The Labute approximate surface area is 155 Å². The Bertz CT molecular complexity index is 858. The van der Waals surface area contributed by atoms with E-state index in [0.717, 1.165) is 11.3 Å². The molecule has 0 aromatic heterocycles. The number of fused-ring (bicyclic) bond motifs is 1. The number of methoxy groups -OCH3 is 1. The van der Waals surface area contributed by atoms with Crippen molar-refractivity contribution in [3.63, 3.8) is 0 Å². The zero-order valence-corrected chi connectivity index (χ0v) is 15.0. The highest BCUT2D eigenvalue weighted by molar-refractivity contribution is 7.80. The van der Waals surface area contributed by atoms with Crippen molar-refractivity contribution in [1.29, 1.82) is 0 Å². The number of benzene rings is 2. The highest BCUT2D eigenvalue weighted by Gasteiger charge is 2.17. The van der Waals surface area contributed by atoms with Crippen molar-refractivity contribution in [1.82, 2.24) is 5.32 Å². The Hall–Kier alpha value is -3.07. The number of hydrogen-bond donors (Lipinski definition) is 2. The third kappa shape index (κ3) is 3.77. The number of non-ortho nitro benzene ring substituents is 1. The summed E-state index contributed by atoms with van der Waals surface area (Å²) in [4.78, 5) is 10.4. The fourth-order valence-corrected chi connectivity index (χ4v) is 2.80. The SMILES string of the molecule is COc1cc([N+](=O)[O-])ccc1NC(=S)NC(C)c1ccc2c(c1)OCO2. The summed E-state index contributed by atoms with van der Waals surface area (Å²) < 4.78 is 15.9. The van der Waals surface area contributed by atoms with E-state index in [0.29, 0.717) is 22.3 Å². The summed E-state index contributed by atoms with van der Waals surface area (Å²) in [6, 6.07) is 9.87. The maximum Gasteiger partial charge on any atom is 0.273 e.